The number of aromatic nitrogens is 1. The van der Waals surface area contributed by atoms with E-state index in [0.29, 0.717) is 17.0 Å². The summed E-state index contributed by atoms with van der Waals surface area (Å²) >= 11 is 1.50. The third kappa shape index (κ3) is 3.11. The molecule has 6 nitrogen and oxygen atoms in total. The molecule has 0 bridgehead atoms. The van der Waals surface area contributed by atoms with E-state index in [1.54, 1.807) is 0 Å². The Morgan fingerprint density at radius 1 is 1.58 bits per heavy atom. The van der Waals surface area contributed by atoms with Crippen molar-refractivity contribution in [3.05, 3.63) is 29.6 Å². The molecule has 1 aromatic rings. The summed E-state index contributed by atoms with van der Waals surface area (Å²) in [5, 5.41) is 12.5. The number of amidine groups is 1. The standard InChI is InChI=1S/C12H13N3O3S/c1-2-7-6-14-12(19-7)15-10(16)8-4-3-5-13-9(8)11(17)18/h3-5,7H,2,6H2,1H3,(H,17,18)(H,14,15,16). The maximum Gasteiger partial charge on any atom is 0.355 e. The van der Waals surface area contributed by atoms with Gasteiger partial charge in [-0.3, -0.25) is 9.79 Å². The summed E-state index contributed by atoms with van der Waals surface area (Å²) < 4.78 is 0. The van der Waals surface area contributed by atoms with Gasteiger partial charge in [0.25, 0.3) is 5.91 Å². The van der Waals surface area contributed by atoms with Gasteiger partial charge in [0.2, 0.25) is 0 Å². The van der Waals surface area contributed by atoms with Crippen LogP contribution in [0.15, 0.2) is 23.3 Å². The molecule has 2 rings (SSSR count). The fourth-order valence-corrected chi connectivity index (χ4v) is 2.55. The van der Waals surface area contributed by atoms with Crippen LogP contribution in [0.1, 0.15) is 34.2 Å². The zero-order chi connectivity index (χ0) is 13.8. The molecule has 100 valence electrons. The highest BCUT2D eigenvalue weighted by molar-refractivity contribution is 8.14. The fraction of sp³-hybridized carbons (Fsp3) is 0.333. The first-order valence-corrected chi connectivity index (χ1v) is 6.70. The molecule has 1 unspecified atom stereocenters. The predicted molar refractivity (Wildman–Crippen MR) is 72.6 cm³/mol. The highest BCUT2D eigenvalue weighted by Gasteiger charge is 2.22. The van der Waals surface area contributed by atoms with Crippen molar-refractivity contribution in [2.75, 3.05) is 6.54 Å². The van der Waals surface area contributed by atoms with Gasteiger partial charge in [-0.1, -0.05) is 18.7 Å². The summed E-state index contributed by atoms with van der Waals surface area (Å²) in [5.74, 6) is -1.72. The zero-order valence-electron chi connectivity index (χ0n) is 10.3. The van der Waals surface area contributed by atoms with Gasteiger partial charge in [0, 0.05) is 11.4 Å². The maximum atomic E-state index is 12.0. The number of nitrogens with one attached hydrogen (secondary N) is 1. The van der Waals surface area contributed by atoms with Gasteiger partial charge in [-0.15, -0.1) is 0 Å². The number of carboxylic acid groups (broad SMARTS) is 1. The summed E-state index contributed by atoms with van der Waals surface area (Å²) in [6.45, 7) is 2.73. The molecule has 2 N–H and O–H groups in total. The molecule has 1 aliphatic rings. The van der Waals surface area contributed by atoms with E-state index in [0.717, 1.165) is 6.42 Å². The fourth-order valence-electron chi connectivity index (χ4n) is 1.62. The lowest BCUT2D eigenvalue weighted by Crippen LogP contribution is -2.29. The second kappa shape index (κ2) is 5.83. The monoisotopic (exact) mass is 279 g/mol. The molecule has 0 saturated carbocycles. The summed E-state index contributed by atoms with van der Waals surface area (Å²) in [5.41, 5.74) is -0.214. The van der Waals surface area contributed by atoms with Crippen molar-refractivity contribution in [2.45, 2.75) is 18.6 Å². The second-order valence-electron chi connectivity index (χ2n) is 3.95. The third-order valence-corrected chi connectivity index (χ3v) is 3.92. The molecular weight excluding hydrogens is 266 g/mol. The van der Waals surface area contributed by atoms with Crippen LogP contribution in [0.25, 0.3) is 0 Å². The van der Waals surface area contributed by atoms with Crippen molar-refractivity contribution in [3.63, 3.8) is 0 Å². The van der Waals surface area contributed by atoms with Gasteiger partial charge >= 0.3 is 5.97 Å². The van der Waals surface area contributed by atoms with Crippen molar-refractivity contribution in [1.29, 1.82) is 0 Å². The molecule has 7 heteroatoms. The Labute approximate surface area is 114 Å². The number of carboxylic acids is 1. The van der Waals surface area contributed by atoms with E-state index in [1.165, 1.54) is 30.1 Å². The normalized spacial score (nSPS) is 17.9. The quantitative estimate of drug-likeness (QED) is 0.872. The lowest BCUT2D eigenvalue weighted by Gasteiger charge is -2.07. The topological polar surface area (TPSA) is 91.7 Å². The SMILES string of the molecule is CCC1CN=C(NC(=O)c2cccnc2C(=O)O)S1. The number of carbonyl (C=O) groups excluding carboxylic acids is 1. The van der Waals surface area contributed by atoms with E-state index < -0.39 is 11.9 Å². The van der Waals surface area contributed by atoms with Gasteiger partial charge in [-0.2, -0.15) is 0 Å². The summed E-state index contributed by atoms with van der Waals surface area (Å²) in [4.78, 5) is 30.9. The van der Waals surface area contributed by atoms with Gasteiger partial charge in [0.1, 0.15) is 0 Å². The Morgan fingerprint density at radius 2 is 2.37 bits per heavy atom. The minimum absolute atomic E-state index is 0.0400. The molecule has 1 atom stereocenters. The number of aliphatic imine (C=N–C) groups is 1. The van der Waals surface area contributed by atoms with Gasteiger partial charge in [-0.25, -0.2) is 9.78 Å². The van der Waals surface area contributed by atoms with Crippen LogP contribution in [0.4, 0.5) is 0 Å². The largest absolute Gasteiger partial charge is 0.476 e. The molecule has 0 radical (unpaired) electrons. The van der Waals surface area contributed by atoms with Gasteiger partial charge in [-0.05, 0) is 18.6 Å². The van der Waals surface area contributed by atoms with Gasteiger partial charge in [0.15, 0.2) is 10.9 Å². The Morgan fingerprint density at radius 3 is 3.00 bits per heavy atom. The molecule has 0 fully saturated rings. The van der Waals surface area contributed by atoms with Crippen molar-refractivity contribution in [1.82, 2.24) is 10.3 Å². The van der Waals surface area contributed by atoms with E-state index in [-0.39, 0.29) is 11.3 Å². The minimum atomic E-state index is -1.22. The van der Waals surface area contributed by atoms with Crippen molar-refractivity contribution in [2.24, 2.45) is 4.99 Å². The molecule has 19 heavy (non-hydrogen) atoms. The molecule has 0 aliphatic carbocycles. The van der Waals surface area contributed by atoms with Crippen LogP contribution in [0.2, 0.25) is 0 Å². The molecular formula is C12H13N3O3S. The van der Waals surface area contributed by atoms with Crippen molar-refractivity contribution < 1.29 is 14.7 Å². The molecule has 0 saturated heterocycles. The number of carbonyl (C=O) groups is 2. The number of hydrogen-bond donors (Lipinski definition) is 2. The minimum Gasteiger partial charge on any atom is -0.476 e. The van der Waals surface area contributed by atoms with E-state index in [2.05, 4.69) is 22.2 Å². The van der Waals surface area contributed by atoms with Crippen LogP contribution in [-0.2, 0) is 0 Å². The molecule has 1 amide bonds. The zero-order valence-corrected chi connectivity index (χ0v) is 11.1. The molecule has 0 aromatic carbocycles. The number of thioether (sulfide) groups is 1. The van der Waals surface area contributed by atoms with E-state index in [4.69, 9.17) is 5.11 Å². The predicted octanol–water partition coefficient (Wildman–Crippen LogP) is 1.39. The molecule has 1 aromatic heterocycles. The maximum absolute atomic E-state index is 12.0. The Balaban J connectivity index is 2.11. The molecule has 2 heterocycles. The Bertz CT molecular complexity index is 545. The summed E-state index contributed by atoms with van der Waals surface area (Å²) in [6, 6.07) is 2.96. The van der Waals surface area contributed by atoms with E-state index in [1.807, 2.05) is 0 Å². The van der Waals surface area contributed by atoms with Crippen LogP contribution in [0.3, 0.4) is 0 Å². The Kier molecular flexibility index (Phi) is 4.16. The average molecular weight is 279 g/mol. The first kappa shape index (κ1) is 13.5. The Hall–Kier alpha value is -1.89. The van der Waals surface area contributed by atoms with Crippen molar-refractivity contribution in [3.8, 4) is 0 Å². The third-order valence-electron chi connectivity index (χ3n) is 2.65. The van der Waals surface area contributed by atoms with E-state index in [9.17, 15) is 9.59 Å². The number of nitrogens with zero attached hydrogens (tertiary/aromatic N) is 2. The van der Waals surface area contributed by atoms with Gasteiger partial charge in [0.05, 0.1) is 12.1 Å². The number of aromatic carboxylic acids is 1. The first-order chi connectivity index (χ1) is 9.11. The smallest absolute Gasteiger partial charge is 0.355 e. The summed E-state index contributed by atoms with van der Waals surface area (Å²) in [7, 11) is 0. The van der Waals surface area contributed by atoms with Gasteiger partial charge < -0.3 is 10.4 Å². The number of amides is 1. The molecule has 0 spiro atoms. The molecule has 1 aliphatic heterocycles. The number of pyridine rings is 1. The average Bonchev–Trinajstić information content (AvgIpc) is 2.86. The van der Waals surface area contributed by atoms with E-state index >= 15 is 0 Å². The number of rotatable bonds is 3. The second-order valence-corrected chi connectivity index (χ2v) is 5.24. The van der Waals surface area contributed by atoms with Crippen LogP contribution in [0.5, 0.6) is 0 Å². The van der Waals surface area contributed by atoms with Crippen molar-refractivity contribution >= 4 is 28.8 Å². The van der Waals surface area contributed by atoms with Crippen LogP contribution in [0, 0.1) is 0 Å². The summed E-state index contributed by atoms with van der Waals surface area (Å²) in [6.07, 6.45) is 2.32. The highest BCUT2D eigenvalue weighted by atomic mass is 32.2. The van der Waals surface area contributed by atoms with Crippen LogP contribution >= 0.6 is 11.8 Å². The highest BCUT2D eigenvalue weighted by Crippen LogP contribution is 2.22. The van der Waals surface area contributed by atoms with Crippen LogP contribution in [-0.4, -0.2) is 38.9 Å². The first-order valence-electron chi connectivity index (χ1n) is 5.82. The number of hydrogen-bond acceptors (Lipinski definition) is 5. The lowest BCUT2D eigenvalue weighted by atomic mass is 10.2. The lowest BCUT2D eigenvalue weighted by molar-refractivity contribution is 0.0685. The van der Waals surface area contributed by atoms with Crippen LogP contribution < -0.4 is 5.32 Å².